The first-order valence-corrected chi connectivity index (χ1v) is 8.54. The maximum atomic E-state index is 12.1. The molecule has 3 rings (SSSR count). The summed E-state index contributed by atoms with van der Waals surface area (Å²) in [5.74, 6) is -1.28. The fourth-order valence-electron chi connectivity index (χ4n) is 2.60. The second-order valence-electron chi connectivity index (χ2n) is 5.44. The van der Waals surface area contributed by atoms with Crippen LogP contribution in [0.25, 0.3) is 0 Å². The molecule has 0 atom stereocenters. The van der Waals surface area contributed by atoms with Gasteiger partial charge in [-0.3, -0.25) is 4.79 Å². The van der Waals surface area contributed by atoms with Crippen LogP contribution in [0.4, 0.5) is 11.4 Å². The van der Waals surface area contributed by atoms with Gasteiger partial charge in [-0.05, 0) is 29.6 Å². The molecule has 2 aromatic rings. The van der Waals surface area contributed by atoms with Gasteiger partial charge in [-0.1, -0.05) is 6.07 Å². The van der Waals surface area contributed by atoms with Crippen LogP contribution < -0.4 is 10.2 Å². The third-order valence-electron chi connectivity index (χ3n) is 3.80. The SMILES string of the molecule is O=C(Cc1cccs1)Nc1ccc(N2CCOCC2)cc1C(=O)O. The number of rotatable bonds is 5. The minimum absolute atomic E-state index is 0.0959. The van der Waals surface area contributed by atoms with Crippen LogP contribution >= 0.6 is 11.3 Å². The van der Waals surface area contributed by atoms with Gasteiger partial charge >= 0.3 is 5.97 Å². The van der Waals surface area contributed by atoms with Crippen molar-refractivity contribution >= 4 is 34.6 Å². The van der Waals surface area contributed by atoms with E-state index in [1.807, 2.05) is 23.6 Å². The van der Waals surface area contributed by atoms with Crippen LogP contribution in [0.2, 0.25) is 0 Å². The summed E-state index contributed by atoms with van der Waals surface area (Å²) in [5.41, 5.74) is 1.24. The number of benzene rings is 1. The van der Waals surface area contributed by atoms with Crippen LogP contribution in [0.5, 0.6) is 0 Å². The van der Waals surface area contributed by atoms with Crippen molar-refractivity contribution in [2.24, 2.45) is 0 Å². The van der Waals surface area contributed by atoms with E-state index in [9.17, 15) is 14.7 Å². The van der Waals surface area contributed by atoms with Gasteiger partial charge in [-0.25, -0.2) is 4.79 Å². The lowest BCUT2D eigenvalue weighted by atomic mass is 10.1. The summed E-state index contributed by atoms with van der Waals surface area (Å²) in [5, 5.41) is 14.1. The molecule has 1 aliphatic rings. The molecule has 1 aromatic carbocycles. The van der Waals surface area contributed by atoms with Gasteiger partial charge in [0.05, 0.1) is 30.9 Å². The lowest BCUT2D eigenvalue weighted by Crippen LogP contribution is -2.36. The maximum Gasteiger partial charge on any atom is 0.337 e. The number of thiophene rings is 1. The van der Waals surface area contributed by atoms with Crippen LogP contribution in [-0.4, -0.2) is 43.3 Å². The van der Waals surface area contributed by atoms with Crippen molar-refractivity contribution in [2.75, 3.05) is 36.5 Å². The molecular weight excluding hydrogens is 328 g/mol. The number of carbonyl (C=O) groups excluding carboxylic acids is 1. The number of ether oxygens (including phenoxy) is 1. The van der Waals surface area contributed by atoms with Gasteiger partial charge in [0.1, 0.15) is 0 Å². The summed E-state index contributed by atoms with van der Waals surface area (Å²) in [7, 11) is 0. The van der Waals surface area contributed by atoms with E-state index in [1.54, 1.807) is 12.1 Å². The number of morpholine rings is 1. The molecule has 1 saturated heterocycles. The quantitative estimate of drug-likeness (QED) is 0.869. The topological polar surface area (TPSA) is 78.9 Å². The lowest BCUT2D eigenvalue weighted by molar-refractivity contribution is -0.115. The van der Waals surface area contributed by atoms with Crippen LogP contribution in [0, 0.1) is 0 Å². The number of nitrogens with one attached hydrogen (secondary N) is 1. The van der Waals surface area contributed by atoms with Crippen molar-refractivity contribution in [2.45, 2.75) is 6.42 Å². The zero-order valence-corrected chi connectivity index (χ0v) is 13.8. The molecule has 1 amide bonds. The van der Waals surface area contributed by atoms with Crippen molar-refractivity contribution in [1.29, 1.82) is 0 Å². The Morgan fingerprint density at radius 2 is 2.04 bits per heavy atom. The minimum atomic E-state index is -1.06. The summed E-state index contributed by atoms with van der Waals surface area (Å²) in [6.45, 7) is 2.70. The van der Waals surface area contributed by atoms with E-state index in [-0.39, 0.29) is 17.9 Å². The average Bonchev–Trinajstić information content (AvgIpc) is 3.08. The third kappa shape index (κ3) is 3.93. The molecule has 1 fully saturated rings. The Kier molecular flexibility index (Phi) is 5.12. The molecule has 0 spiro atoms. The molecule has 7 heteroatoms. The second-order valence-corrected chi connectivity index (χ2v) is 6.47. The largest absolute Gasteiger partial charge is 0.478 e. The van der Waals surface area contributed by atoms with Gasteiger partial charge in [0.2, 0.25) is 5.91 Å². The fourth-order valence-corrected chi connectivity index (χ4v) is 3.31. The average molecular weight is 346 g/mol. The molecule has 0 unspecified atom stereocenters. The highest BCUT2D eigenvalue weighted by molar-refractivity contribution is 7.10. The number of carboxylic acid groups (broad SMARTS) is 1. The summed E-state index contributed by atoms with van der Waals surface area (Å²) >= 11 is 1.50. The van der Waals surface area contributed by atoms with Crippen molar-refractivity contribution in [1.82, 2.24) is 0 Å². The summed E-state index contributed by atoms with van der Waals surface area (Å²) < 4.78 is 5.31. The monoisotopic (exact) mass is 346 g/mol. The minimum Gasteiger partial charge on any atom is -0.478 e. The summed E-state index contributed by atoms with van der Waals surface area (Å²) in [6.07, 6.45) is 0.238. The van der Waals surface area contributed by atoms with Gasteiger partial charge in [-0.2, -0.15) is 0 Å². The number of carboxylic acids is 1. The van der Waals surface area contributed by atoms with Gasteiger partial charge in [0.25, 0.3) is 0 Å². The van der Waals surface area contributed by atoms with Crippen LogP contribution in [0.15, 0.2) is 35.7 Å². The molecule has 0 bridgehead atoms. The van der Waals surface area contributed by atoms with Gasteiger partial charge in [0, 0.05) is 23.7 Å². The van der Waals surface area contributed by atoms with Gasteiger partial charge in [0.15, 0.2) is 0 Å². The van der Waals surface area contributed by atoms with Crippen LogP contribution in [-0.2, 0) is 16.0 Å². The molecule has 1 aliphatic heterocycles. The molecule has 6 nitrogen and oxygen atoms in total. The Balaban J connectivity index is 1.76. The maximum absolute atomic E-state index is 12.1. The van der Waals surface area contributed by atoms with E-state index in [1.165, 1.54) is 11.3 Å². The second kappa shape index (κ2) is 7.46. The molecule has 2 heterocycles. The van der Waals surface area contributed by atoms with E-state index in [0.29, 0.717) is 18.9 Å². The number of nitrogens with zero attached hydrogens (tertiary/aromatic N) is 1. The molecular formula is C17H18N2O4S. The van der Waals surface area contributed by atoms with Crippen molar-refractivity contribution in [3.63, 3.8) is 0 Å². The molecule has 126 valence electrons. The standard InChI is InChI=1S/C17H18N2O4S/c20-16(11-13-2-1-9-24-13)18-15-4-3-12(10-14(15)17(21)22)19-5-7-23-8-6-19/h1-4,9-10H,5-8,11H2,(H,18,20)(H,21,22). The van der Waals surface area contributed by atoms with Crippen molar-refractivity contribution < 1.29 is 19.4 Å². The zero-order valence-electron chi connectivity index (χ0n) is 13.0. The zero-order chi connectivity index (χ0) is 16.9. The molecule has 1 aromatic heterocycles. The smallest absolute Gasteiger partial charge is 0.337 e. The van der Waals surface area contributed by atoms with Crippen LogP contribution in [0.1, 0.15) is 15.2 Å². The Bertz CT molecular complexity index is 724. The van der Waals surface area contributed by atoms with Gasteiger partial charge in [-0.15, -0.1) is 11.3 Å². The van der Waals surface area contributed by atoms with E-state index >= 15 is 0 Å². The number of aromatic carboxylic acids is 1. The fraction of sp³-hybridized carbons (Fsp3) is 0.294. The number of carbonyl (C=O) groups is 2. The number of hydrogen-bond donors (Lipinski definition) is 2. The number of hydrogen-bond acceptors (Lipinski definition) is 5. The highest BCUT2D eigenvalue weighted by atomic mass is 32.1. The summed E-state index contributed by atoms with van der Waals surface area (Å²) in [4.78, 5) is 26.7. The first kappa shape index (κ1) is 16.5. The number of anilines is 2. The Morgan fingerprint density at radius 3 is 2.71 bits per heavy atom. The highest BCUT2D eigenvalue weighted by Gasteiger charge is 2.17. The molecule has 0 radical (unpaired) electrons. The van der Waals surface area contributed by atoms with E-state index in [0.717, 1.165) is 23.7 Å². The normalized spacial score (nSPS) is 14.4. The van der Waals surface area contributed by atoms with Crippen LogP contribution in [0.3, 0.4) is 0 Å². The predicted molar refractivity (Wildman–Crippen MR) is 93.1 cm³/mol. The highest BCUT2D eigenvalue weighted by Crippen LogP contribution is 2.24. The van der Waals surface area contributed by atoms with Gasteiger partial charge < -0.3 is 20.1 Å². The van der Waals surface area contributed by atoms with E-state index < -0.39 is 5.97 Å². The molecule has 2 N–H and O–H groups in total. The molecule has 24 heavy (non-hydrogen) atoms. The first-order chi connectivity index (χ1) is 11.6. The lowest BCUT2D eigenvalue weighted by Gasteiger charge is -2.29. The third-order valence-corrected chi connectivity index (χ3v) is 4.68. The molecule has 0 saturated carbocycles. The molecule has 0 aliphatic carbocycles. The Labute approximate surface area is 143 Å². The van der Waals surface area contributed by atoms with Crippen molar-refractivity contribution in [3.05, 3.63) is 46.2 Å². The first-order valence-electron chi connectivity index (χ1n) is 7.66. The number of amides is 1. The van der Waals surface area contributed by atoms with E-state index in [2.05, 4.69) is 10.2 Å². The Morgan fingerprint density at radius 1 is 1.25 bits per heavy atom. The predicted octanol–water partition coefficient (Wildman–Crippen LogP) is 2.46. The van der Waals surface area contributed by atoms with E-state index in [4.69, 9.17) is 4.74 Å². The Hall–Kier alpha value is -2.38. The summed E-state index contributed by atoms with van der Waals surface area (Å²) in [6, 6.07) is 8.85. The van der Waals surface area contributed by atoms with Crippen molar-refractivity contribution in [3.8, 4) is 0 Å².